The van der Waals surface area contributed by atoms with Crippen LogP contribution in [0.4, 0.5) is 5.69 Å². The van der Waals surface area contributed by atoms with Gasteiger partial charge in [-0.3, -0.25) is 4.98 Å². The number of halogens is 2. The molecule has 2 atom stereocenters. The maximum absolute atomic E-state index is 6.42. The van der Waals surface area contributed by atoms with Gasteiger partial charge >= 0.3 is 0 Å². The van der Waals surface area contributed by atoms with Gasteiger partial charge in [-0.1, -0.05) is 29.3 Å². The second-order valence-corrected chi connectivity index (χ2v) is 10.5. The number of nitrogens with zero attached hydrogens (tertiary/aromatic N) is 2. The molecule has 6 rings (SSSR count). The first-order valence-corrected chi connectivity index (χ1v) is 13.6. The third-order valence-electron chi connectivity index (χ3n) is 6.94. The van der Waals surface area contributed by atoms with Crippen LogP contribution < -0.4 is 15.0 Å². The van der Waals surface area contributed by atoms with Crippen LogP contribution in [0.2, 0.25) is 10.0 Å². The van der Waals surface area contributed by atoms with Gasteiger partial charge in [-0.05, 0) is 105 Å². The zero-order valence-electron chi connectivity index (χ0n) is 19.9. The van der Waals surface area contributed by atoms with Crippen molar-refractivity contribution in [2.75, 3.05) is 4.90 Å². The number of benzene rings is 2. The lowest BCUT2D eigenvalue weighted by Gasteiger charge is -2.26. The van der Waals surface area contributed by atoms with Crippen LogP contribution in [0.25, 0.3) is 11.3 Å². The average molecular weight is 551 g/mol. The first-order chi connectivity index (χ1) is 18.1. The molecule has 0 bridgehead atoms. The summed E-state index contributed by atoms with van der Waals surface area (Å²) in [7, 11) is 0. The van der Waals surface area contributed by atoms with Crippen LogP contribution in [-0.4, -0.2) is 16.2 Å². The van der Waals surface area contributed by atoms with Gasteiger partial charge in [0.05, 0.1) is 27.9 Å². The van der Waals surface area contributed by atoms with E-state index in [2.05, 4.69) is 27.3 Å². The third-order valence-corrected chi connectivity index (χ3v) is 7.99. The van der Waals surface area contributed by atoms with E-state index in [0.29, 0.717) is 27.0 Å². The van der Waals surface area contributed by atoms with Crippen LogP contribution >= 0.6 is 35.4 Å². The van der Waals surface area contributed by atoms with E-state index in [9.17, 15) is 0 Å². The standard InChI is InChI=1S/C29H25Cl2N3O2S/c30-22-13-8-18(17-23(22)31)25-14-15-26(36-25)28-27(24-7-3-4-16-32-24)33-29(37)34(28)19-9-11-21(12-10-19)35-20-5-1-2-6-20/h3-4,7-17,20,27-28H,1-2,5-6H2,(H,33,37)/t27-,28+/m0/s1. The molecule has 37 heavy (non-hydrogen) atoms. The number of hydrogen-bond acceptors (Lipinski definition) is 4. The molecule has 0 unspecified atom stereocenters. The molecule has 1 saturated heterocycles. The summed E-state index contributed by atoms with van der Waals surface area (Å²) in [5.74, 6) is 2.34. The number of thiocarbonyl (C=S) groups is 1. The topological polar surface area (TPSA) is 50.5 Å². The molecule has 1 N–H and O–H groups in total. The molecule has 5 nitrogen and oxygen atoms in total. The zero-order valence-corrected chi connectivity index (χ0v) is 22.3. The number of aromatic nitrogens is 1. The first kappa shape index (κ1) is 24.3. The Labute approximate surface area is 231 Å². The zero-order chi connectivity index (χ0) is 25.4. The summed E-state index contributed by atoms with van der Waals surface area (Å²) >= 11 is 18.2. The summed E-state index contributed by atoms with van der Waals surface area (Å²) in [6.07, 6.45) is 6.81. The van der Waals surface area contributed by atoms with Gasteiger partial charge in [0, 0.05) is 17.4 Å². The van der Waals surface area contributed by atoms with Gasteiger partial charge in [0.15, 0.2) is 5.11 Å². The van der Waals surface area contributed by atoms with Crippen molar-refractivity contribution in [2.45, 2.75) is 43.9 Å². The smallest absolute Gasteiger partial charge is 0.174 e. The Hall–Kier alpha value is -3.06. The van der Waals surface area contributed by atoms with Crippen LogP contribution in [0.5, 0.6) is 5.75 Å². The van der Waals surface area contributed by atoms with E-state index in [1.165, 1.54) is 12.8 Å². The number of ether oxygens (including phenoxy) is 1. The van der Waals surface area contributed by atoms with Crippen LogP contribution in [0.15, 0.2) is 83.4 Å². The summed E-state index contributed by atoms with van der Waals surface area (Å²) in [5, 5.41) is 5.06. The normalized spacial score (nSPS) is 19.8. The summed E-state index contributed by atoms with van der Waals surface area (Å²) in [4.78, 5) is 6.70. The van der Waals surface area contributed by atoms with Crippen molar-refractivity contribution in [1.29, 1.82) is 0 Å². The molecule has 1 aliphatic carbocycles. The maximum atomic E-state index is 6.42. The summed E-state index contributed by atoms with van der Waals surface area (Å²) < 4.78 is 12.6. The van der Waals surface area contributed by atoms with Gasteiger partial charge in [-0.15, -0.1) is 0 Å². The molecule has 2 aliphatic rings. The Balaban J connectivity index is 1.35. The second-order valence-electron chi connectivity index (χ2n) is 9.35. The Kier molecular flexibility index (Phi) is 6.80. The molecular formula is C29H25Cl2N3O2S. The maximum Gasteiger partial charge on any atom is 0.174 e. The molecule has 0 spiro atoms. The van der Waals surface area contributed by atoms with E-state index in [-0.39, 0.29) is 12.1 Å². The summed E-state index contributed by atoms with van der Waals surface area (Å²) in [5.41, 5.74) is 2.68. The van der Waals surface area contributed by atoms with Crippen molar-refractivity contribution >= 4 is 46.2 Å². The number of pyridine rings is 1. The van der Waals surface area contributed by atoms with Crippen LogP contribution in [0.1, 0.15) is 49.2 Å². The molecule has 1 aliphatic heterocycles. The number of anilines is 1. The highest BCUT2D eigenvalue weighted by molar-refractivity contribution is 7.80. The van der Waals surface area contributed by atoms with Crippen LogP contribution in [0.3, 0.4) is 0 Å². The Morgan fingerprint density at radius 2 is 1.76 bits per heavy atom. The molecule has 0 radical (unpaired) electrons. The van der Waals surface area contributed by atoms with Gasteiger partial charge in [-0.25, -0.2) is 0 Å². The molecule has 0 amide bonds. The lowest BCUT2D eigenvalue weighted by atomic mass is 10.0. The highest BCUT2D eigenvalue weighted by Crippen LogP contribution is 2.43. The fourth-order valence-corrected chi connectivity index (χ4v) is 5.77. The van der Waals surface area contributed by atoms with Gasteiger partial charge in [0.2, 0.25) is 0 Å². The summed E-state index contributed by atoms with van der Waals surface area (Å²) in [6.45, 7) is 0. The molecule has 188 valence electrons. The van der Waals surface area contributed by atoms with E-state index in [4.69, 9.17) is 44.6 Å². The number of furan rings is 1. The molecule has 4 aromatic rings. The molecule has 2 aromatic heterocycles. The van der Waals surface area contributed by atoms with Gasteiger partial charge in [0.1, 0.15) is 23.3 Å². The van der Waals surface area contributed by atoms with Crippen molar-refractivity contribution in [2.24, 2.45) is 0 Å². The van der Waals surface area contributed by atoms with Crippen LogP contribution in [-0.2, 0) is 0 Å². The third kappa shape index (κ3) is 4.93. The Morgan fingerprint density at radius 1 is 0.946 bits per heavy atom. The van der Waals surface area contributed by atoms with Crippen molar-refractivity contribution in [3.05, 3.63) is 100 Å². The van der Waals surface area contributed by atoms with E-state index in [1.54, 1.807) is 18.3 Å². The molecule has 2 fully saturated rings. The predicted molar refractivity (Wildman–Crippen MR) is 151 cm³/mol. The Bertz CT molecular complexity index is 1400. The van der Waals surface area contributed by atoms with E-state index in [0.717, 1.165) is 41.3 Å². The molecule has 3 heterocycles. The molecule has 8 heteroatoms. The second kappa shape index (κ2) is 10.4. The summed E-state index contributed by atoms with van der Waals surface area (Å²) in [6, 6.07) is 23.0. The van der Waals surface area contributed by atoms with Crippen molar-refractivity contribution in [3.63, 3.8) is 0 Å². The molecular weight excluding hydrogens is 525 g/mol. The quantitative estimate of drug-likeness (QED) is 0.245. The van der Waals surface area contributed by atoms with Gasteiger partial charge < -0.3 is 19.4 Å². The van der Waals surface area contributed by atoms with Gasteiger partial charge in [0.25, 0.3) is 0 Å². The van der Waals surface area contributed by atoms with E-state index < -0.39 is 0 Å². The lowest BCUT2D eigenvalue weighted by Crippen LogP contribution is -2.29. The SMILES string of the molecule is S=C1N[C@@H](c2ccccn2)[C@@H](c2ccc(-c3ccc(Cl)c(Cl)c3)o2)N1c1ccc(OC2CCCC2)cc1. The van der Waals surface area contributed by atoms with E-state index >= 15 is 0 Å². The average Bonchev–Trinajstić information content (AvgIpc) is 3.67. The monoisotopic (exact) mass is 549 g/mol. The van der Waals surface area contributed by atoms with Crippen molar-refractivity contribution in [3.8, 4) is 17.1 Å². The Morgan fingerprint density at radius 3 is 2.49 bits per heavy atom. The fourth-order valence-electron chi connectivity index (χ4n) is 5.12. The molecule has 1 saturated carbocycles. The van der Waals surface area contributed by atoms with Gasteiger partial charge in [-0.2, -0.15) is 0 Å². The first-order valence-electron chi connectivity index (χ1n) is 12.4. The van der Waals surface area contributed by atoms with E-state index in [1.807, 2.05) is 48.5 Å². The largest absolute Gasteiger partial charge is 0.490 e. The van der Waals surface area contributed by atoms with Crippen LogP contribution in [0, 0.1) is 0 Å². The minimum Gasteiger partial charge on any atom is -0.490 e. The lowest BCUT2D eigenvalue weighted by molar-refractivity contribution is 0.210. The number of nitrogens with one attached hydrogen (secondary N) is 1. The minimum absolute atomic E-state index is 0.198. The number of hydrogen-bond donors (Lipinski definition) is 1. The number of rotatable bonds is 6. The highest BCUT2D eigenvalue weighted by Gasteiger charge is 2.42. The predicted octanol–water partition coefficient (Wildman–Crippen LogP) is 8.15. The fraction of sp³-hybridized carbons (Fsp3) is 0.241. The highest BCUT2D eigenvalue weighted by atomic mass is 35.5. The van der Waals surface area contributed by atoms with Crippen molar-refractivity contribution in [1.82, 2.24) is 10.3 Å². The minimum atomic E-state index is -0.250. The van der Waals surface area contributed by atoms with Crippen molar-refractivity contribution < 1.29 is 9.15 Å². The molecule has 2 aromatic carbocycles.